The van der Waals surface area contributed by atoms with Crippen LogP contribution in [0.4, 0.5) is 5.69 Å². The topological polar surface area (TPSA) is 86.8 Å². The molecule has 0 unspecified atom stereocenters. The van der Waals surface area contributed by atoms with Gasteiger partial charge in [0.05, 0.1) is 15.6 Å². The number of anilines is 1. The Morgan fingerprint density at radius 2 is 1.38 bits per heavy atom. The van der Waals surface area contributed by atoms with Crippen LogP contribution in [0.2, 0.25) is 20.1 Å². The van der Waals surface area contributed by atoms with Gasteiger partial charge in [-0.15, -0.1) is 0 Å². The summed E-state index contributed by atoms with van der Waals surface area (Å²) in [5, 5.41) is 4.24. The minimum atomic E-state index is -4.32. The van der Waals surface area contributed by atoms with E-state index >= 15 is 0 Å². The maximum absolute atomic E-state index is 14.7. The lowest BCUT2D eigenvalue weighted by molar-refractivity contribution is -0.140. The maximum atomic E-state index is 14.7. The zero-order valence-corrected chi connectivity index (χ0v) is 29.8. The van der Waals surface area contributed by atoms with Crippen molar-refractivity contribution in [1.29, 1.82) is 0 Å². The second kappa shape index (κ2) is 16.4. The van der Waals surface area contributed by atoms with E-state index in [2.05, 4.69) is 5.32 Å². The summed E-state index contributed by atoms with van der Waals surface area (Å²) in [6.45, 7) is -0.746. The fraction of sp³-hybridized carbons (Fsp3) is 0.278. The second-order valence-electron chi connectivity index (χ2n) is 11.7. The number of halogens is 4. The van der Waals surface area contributed by atoms with E-state index < -0.39 is 28.5 Å². The van der Waals surface area contributed by atoms with Crippen LogP contribution in [-0.4, -0.2) is 43.8 Å². The van der Waals surface area contributed by atoms with Crippen molar-refractivity contribution in [3.63, 3.8) is 0 Å². The first-order valence-electron chi connectivity index (χ1n) is 15.6. The Morgan fingerprint density at radius 3 is 2.00 bits per heavy atom. The smallest absolute Gasteiger partial charge is 0.264 e. The quantitative estimate of drug-likeness (QED) is 0.157. The highest BCUT2D eigenvalue weighted by Crippen LogP contribution is 2.33. The monoisotopic (exact) mass is 745 g/mol. The number of benzene rings is 4. The van der Waals surface area contributed by atoms with Crippen LogP contribution in [0.1, 0.15) is 43.2 Å². The molecule has 1 saturated carbocycles. The lowest BCUT2D eigenvalue weighted by Crippen LogP contribution is -2.55. The molecule has 252 valence electrons. The van der Waals surface area contributed by atoms with Crippen LogP contribution in [0, 0.1) is 0 Å². The summed E-state index contributed by atoms with van der Waals surface area (Å²) in [6, 6.07) is 25.4. The first-order chi connectivity index (χ1) is 23.0. The largest absolute Gasteiger partial charge is 0.352 e. The van der Waals surface area contributed by atoms with Crippen LogP contribution < -0.4 is 9.62 Å². The molecule has 0 spiro atoms. The summed E-state index contributed by atoms with van der Waals surface area (Å²) in [5.41, 5.74) is 1.43. The third-order valence-electron chi connectivity index (χ3n) is 8.37. The van der Waals surface area contributed by atoms with E-state index in [4.69, 9.17) is 46.4 Å². The number of hydrogen-bond donors (Lipinski definition) is 1. The molecule has 4 aromatic rings. The molecule has 0 heterocycles. The molecule has 7 nitrogen and oxygen atoms in total. The Labute approximate surface area is 301 Å². The summed E-state index contributed by atoms with van der Waals surface area (Å²) in [6.07, 6.45) is 5.00. The summed E-state index contributed by atoms with van der Waals surface area (Å²) < 4.78 is 29.3. The highest BCUT2D eigenvalue weighted by atomic mass is 35.5. The molecule has 2 amide bonds. The molecule has 5 rings (SSSR count). The fourth-order valence-corrected chi connectivity index (χ4v) is 8.33. The van der Waals surface area contributed by atoms with E-state index in [0.29, 0.717) is 20.6 Å². The van der Waals surface area contributed by atoms with E-state index in [1.165, 1.54) is 35.2 Å². The van der Waals surface area contributed by atoms with Crippen molar-refractivity contribution >= 4 is 73.9 Å². The molecular weight excluding hydrogens is 712 g/mol. The minimum Gasteiger partial charge on any atom is -0.352 e. The maximum Gasteiger partial charge on any atom is 0.264 e. The molecular formula is C36H35Cl4N3O4S. The van der Waals surface area contributed by atoms with Crippen LogP contribution in [0.25, 0.3) is 0 Å². The van der Waals surface area contributed by atoms with Gasteiger partial charge in [-0.05, 0) is 66.4 Å². The molecule has 48 heavy (non-hydrogen) atoms. The number of hydrogen-bond acceptors (Lipinski definition) is 4. The van der Waals surface area contributed by atoms with Crippen molar-refractivity contribution in [3.8, 4) is 0 Å². The highest BCUT2D eigenvalue weighted by Gasteiger charge is 2.36. The van der Waals surface area contributed by atoms with Gasteiger partial charge in [-0.2, -0.15) is 0 Å². The Morgan fingerprint density at radius 1 is 0.771 bits per heavy atom. The minimum absolute atomic E-state index is 0.0246. The van der Waals surface area contributed by atoms with Crippen LogP contribution in [-0.2, 0) is 32.6 Å². The zero-order chi connectivity index (χ0) is 34.3. The molecule has 0 saturated heterocycles. The zero-order valence-electron chi connectivity index (χ0n) is 26.0. The number of carbonyl (C=O) groups excluding carboxylic acids is 2. The van der Waals surface area contributed by atoms with Crippen LogP contribution in [0.5, 0.6) is 0 Å². The molecule has 1 aliphatic carbocycles. The Kier molecular flexibility index (Phi) is 12.3. The molecule has 0 bridgehead atoms. The van der Waals surface area contributed by atoms with Gasteiger partial charge in [-0.25, -0.2) is 8.42 Å². The van der Waals surface area contributed by atoms with Crippen molar-refractivity contribution in [3.05, 3.63) is 128 Å². The van der Waals surface area contributed by atoms with Gasteiger partial charge in [0.15, 0.2) is 0 Å². The van der Waals surface area contributed by atoms with E-state index in [0.717, 1.165) is 42.0 Å². The SMILES string of the molecule is O=C(NC1CCCCC1)[C@@H](Cc1ccccc1)N(Cc1ccc(Cl)cc1Cl)C(=O)CN(c1ccc(Cl)cc1Cl)S(=O)(=O)c1ccccc1. The van der Waals surface area contributed by atoms with E-state index in [-0.39, 0.29) is 40.5 Å². The van der Waals surface area contributed by atoms with Crippen molar-refractivity contribution in [2.75, 3.05) is 10.8 Å². The van der Waals surface area contributed by atoms with Crippen LogP contribution in [0.3, 0.4) is 0 Å². The number of nitrogens with zero attached hydrogens (tertiary/aromatic N) is 2. The number of amides is 2. The van der Waals surface area contributed by atoms with E-state index in [1.54, 1.807) is 36.4 Å². The molecule has 0 aromatic heterocycles. The summed E-state index contributed by atoms with van der Waals surface area (Å²) in [7, 11) is -4.32. The molecule has 1 fully saturated rings. The van der Waals surface area contributed by atoms with Gasteiger partial charge in [-0.3, -0.25) is 13.9 Å². The Bertz CT molecular complexity index is 1840. The van der Waals surface area contributed by atoms with Gasteiger partial charge in [0.2, 0.25) is 11.8 Å². The molecule has 4 aromatic carbocycles. The lowest BCUT2D eigenvalue weighted by atomic mass is 9.94. The van der Waals surface area contributed by atoms with Crippen molar-refractivity contribution in [1.82, 2.24) is 10.2 Å². The first-order valence-corrected chi connectivity index (χ1v) is 18.6. The number of sulfonamides is 1. The fourth-order valence-electron chi connectivity index (χ4n) is 5.85. The number of rotatable bonds is 12. The molecule has 0 aliphatic heterocycles. The highest BCUT2D eigenvalue weighted by molar-refractivity contribution is 7.92. The lowest BCUT2D eigenvalue weighted by Gasteiger charge is -2.35. The third-order valence-corrected chi connectivity index (χ3v) is 11.3. The van der Waals surface area contributed by atoms with Gasteiger partial charge < -0.3 is 10.2 Å². The van der Waals surface area contributed by atoms with E-state index in [1.807, 2.05) is 30.3 Å². The summed E-state index contributed by atoms with van der Waals surface area (Å²) in [5.74, 6) is -0.961. The average Bonchev–Trinajstić information content (AvgIpc) is 3.07. The standard InChI is InChI=1S/C36H35Cl4N3O4S/c37-27-17-16-26(31(39)21-27)23-42(34(20-25-10-4-1-5-11-25)36(45)41-29-12-6-2-7-13-29)35(44)24-43(33-19-18-28(38)22-32(33)40)48(46,47)30-14-8-3-9-15-30/h1,3-5,8-11,14-19,21-22,29,34H,2,6-7,12-13,20,23-24H2,(H,41,45)/t34-/m1/s1. The Hall–Kier alpha value is -3.27. The Balaban J connectivity index is 1.59. The van der Waals surface area contributed by atoms with Crippen molar-refractivity contribution in [2.45, 2.75) is 62.0 Å². The normalized spacial score (nSPS) is 14.2. The summed E-state index contributed by atoms with van der Waals surface area (Å²) in [4.78, 5) is 30.3. The van der Waals surface area contributed by atoms with Crippen molar-refractivity contribution in [2.24, 2.45) is 0 Å². The van der Waals surface area contributed by atoms with Crippen molar-refractivity contribution < 1.29 is 18.0 Å². The molecule has 1 aliphatic rings. The number of nitrogens with one attached hydrogen (secondary N) is 1. The second-order valence-corrected chi connectivity index (χ2v) is 15.3. The van der Waals surface area contributed by atoms with Gasteiger partial charge in [-0.1, -0.05) is 120 Å². The van der Waals surface area contributed by atoms with Gasteiger partial charge in [0.25, 0.3) is 10.0 Å². The average molecular weight is 748 g/mol. The molecule has 12 heteroatoms. The number of carbonyl (C=O) groups is 2. The molecule has 0 radical (unpaired) electrons. The predicted octanol–water partition coefficient (Wildman–Crippen LogP) is 8.58. The van der Waals surface area contributed by atoms with Crippen LogP contribution >= 0.6 is 46.4 Å². The summed E-state index contributed by atoms with van der Waals surface area (Å²) >= 11 is 25.5. The van der Waals surface area contributed by atoms with Gasteiger partial charge >= 0.3 is 0 Å². The molecule has 1 N–H and O–H groups in total. The first kappa shape index (κ1) is 36.0. The predicted molar refractivity (Wildman–Crippen MR) is 193 cm³/mol. The third kappa shape index (κ3) is 9.04. The molecule has 1 atom stereocenters. The van der Waals surface area contributed by atoms with Gasteiger partial charge in [0, 0.05) is 34.1 Å². The van der Waals surface area contributed by atoms with Gasteiger partial charge in [0.1, 0.15) is 12.6 Å². The van der Waals surface area contributed by atoms with E-state index in [9.17, 15) is 18.0 Å². The van der Waals surface area contributed by atoms with Crippen LogP contribution in [0.15, 0.2) is 102 Å².